The second kappa shape index (κ2) is 10.2. The Labute approximate surface area is 180 Å². The summed E-state index contributed by atoms with van der Waals surface area (Å²) in [5.74, 6) is 1.47. The Bertz CT molecular complexity index is 919. The second-order valence-electron chi connectivity index (χ2n) is 7.12. The van der Waals surface area contributed by atoms with Crippen LogP contribution in [0.1, 0.15) is 33.8 Å². The molecule has 2 amide bonds. The summed E-state index contributed by atoms with van der Waals surface area (Å²) in [4.78, 5) is 27.1. The Balaban J connectivity index is 1.44. The highest BCUT2D eigenvalue weighted by atomic mass is 32.1. The molecule has 8 nitrogen and oxygen atoms in total. The lowest BCUT2D eigenvalue weighted by Crippen LogP contribution is -2.41. The molecule has 0 spiro atoms. The molecule has 0 unspecified atom stereocenters. The summed E-state index contributed by atoms with van der Waals surface area (Å²) < 4.78 is 14.3. The zero-order chi connectivity index (χ0) is 21.5. The topological polar surface area (TPSA) is 93.7 Å². The fourth-order valence-corrected chi connectivity index (χ4v) is 3.97. The molecule has 0 atom stereocenters. The van der Waals surface area contributed by atoms with Crippen molar-refractivity contribution in [3.63, 3.8) is 0 Å². The van der Waals surface area contributed by atoms with Gasteiger partial charge in [-0.15, -0.1) is 5.10 Å². The largest absolute Gasteiger partial charge is 0.493 e. The number of aromatic nitrogens is 2. The highest BCUT2D eigenvalue weighted by molar-refractivity contribution is 7.07. The minimum atomic E-state index is -0.144. The average molecular weight is 431 g/mol. The smallest absolute Gasteiger partial charge is 0.267 e. The minimum absolute atomic E-state index is 0.00263. The minimum Gasteiger partial charge on any atom is -0.493 e. The Morgan fingerprint density at radius 3 is 2.60 bits per heavy atom. The van der Waals surface area contributed by atoms with Crippen molar-refractivity contribution in [3.05, 3.63) is 40.4 Å². The van der Waals surface area contributed by atoms with Crippen molar-refractivity contribution in [2.45, 2.75) is 19.8 Å². The summed E-state index contributed by atoms with van der Waals surface area (Å²) in [5, 5.41) is 6.86. The van der Waals surface area contributed by atoms with Crippen LogP contribution in [0.4, 0.5) is 0 Å². The van der Waals surface area contributed by atoms with E-state index in [-0.39, 0.29) is 11.8 Å². The van der Waals surface area contributed by atoms with Crippen LogP contribution in [-0.4, -0.2) is 60.2 Å². The molecule has 1 aliphatic heterocycles. The first-order valence-corrected chi connectivity index (χ1v) is 10.5. The van der Waals surface area contributed by atoms with Crippen molar-refractivity contribution in [2.75, 3.05) is 33.9 Å². The van der Waals surface area contributed by atoms with Gasteiger partial charge in [-0.25, -0.2) is 0 Å². The zero-order valence-corrected chi connectivity index (χ0v) is 18.2. The molecule has 160 valence electrons. The van der Waals surface area contributed by atoms with Gasteiger partial charge >= 0.3 is 0 Å². The lowest BCUT2D eigenvalue weighted by atomic mass is 9.96. The van der Waals surface area contributed by atoms with Gasteiger partial charge < -0.3 is 19.7 Å². The summed E-state index contributed by atoms with van der Waals surface area (Å²) in [7, 11) is 3.16. The molecule has 1 N–H and O–H groups in total. The Kier molecular flexibility index (Phi) is 7.40. The summed E-state index contributed by atoms with van der Waals surface area (Å²) in [6.07, 6.45) is 4.97. The molecule has 1 saturated heterocycles. The van der Waals surface area contributed by atoms with Crippen LogP contribution in [0, 0.1) is 12.8 Å². The molecule has 2 aromatic rings. The van der Waals surface area contributed by atoms with E-state index in [1.807, 2.05) is 17.0 Å². The van der Waals surface area contributed by atoms with E-state index in [9.17, 15) is 9.59 Å². The van der Waals surface area contributed by atoms with Crippen molar-refractivity contribution in [1.82, 2.24) is 19.8 Å². The number of carbonyl (C=O) groups excluding carboxylic acids is 2. The van der Waals surface area contributed by atoms with Crippen molar-refractivity contribution >= 4 is 29.4 Å². The van der Waals surface area contributed by atoms with Crippen LogP contribution in [0.3, 0.4) is 0 Å². The number of piperidine rings is 1. The first-order chi connectivity index (χ1) is 14.5. The van der Waals surface area contributed by atoms with Crippen molar-refractivity contribution in [2.24, 2.45) is 5.92 Å². The average Bonchev–Trinajstić information content (AvgIpc) is 3.21. The molecule has 30 heavy (non-hydrogen) atoms. The van der Waals surface area contributed by atoms with E-state index in [1.165, 1.54) is 6.08 Å². The van der Waals surface area contributed by atoms with Gasteiger partial charge in [0.05, 0.1) is 19.9 Å². The van der Waals surface area contributed by atoms with Gasteiger partial charge in [-0.1, -0.05) is 10.6 Å². The van der Waals surface area contributed by atoms with Gasteiger partial charge in [0.2, 0.25) is 5.91 Å². The maximum absolute atomic E-state index is 12.5. The normalized spacial score (nSPS) is 14.7. The van der Waals surface area contributed by atoms with E-state index in [0.717, 1.165) is 29.9 Å². The van der Waals surface area contributed by atoms with Crippen LogP contribution in [0.2, 0.25) is 0 Å². The molecule has 9 heteroatoms. The third-order valence-corrected chi connectivity index (χ3v) is 5.96. The number of nitrogens with one attached hydrogen (secondary N) is 1. The maximum atomic E-state index is 12.5. The molecule has 1 fully saturated rings. The van der Waals surface area contributed by atoms with Crippen LogP contribution >= 0.6 is 11.5 Å². The van der Waals surface area contributed by atoms with Gasteiger partial charge in [-0.3, -0.25) is 9.59 Å². The molecule has 0 bridgehead atoms. The van der Waals surface area contributed by atoms with E-state index in [1.54, 1.807) is 33.3 Å². The van der Waals surface area contributed by atoms with E-state index in [2.05, 4.69) is 14.9 Å². The monoisotopic (exact) mass is 430 g/mol. The molecule has 2 heterocycles. The van der Waals surface area contributed by atoms with Gasteiger partial charge in [-0.2, -0.15) is 0 Å². The van der Waals surface area contributed by atoms with E-state index < -0.39 is 0 Å². The number of benzene rings is 1. The number of hydrogen-bond donors (Lipinski definition) is 1. The van der Waals surface area contributed by atoms with E-state index in [4.69, 9.17) is 9.47 Å². The van der Waals surface area contributed by atoms with Crippen LogP contribution in [0.5, 0.6) is 11.5 Å². The summed E-state index contributed by atoms with van der Waals surface area (Å²) in [5.41, 5.74) is 1.53. The summed E-state index contributed by atoms with van der Waals surface area (Å²) in [6, 6.07) is 5.48. The maximum Gasteiger partial charge on any atom is 0.267 e. The van der Waals surface area contributed by atoms with Gasteiger partial charge in [0.1, 0.15) is 4.88 Å². The number of aryl methyl sites for hydroxylation is 1. The molecule has 3 rings (SSSR count). The first kappa shape index (κ1) is 21.8. The summed E-state index contributed by atoms with van der Waals surface area (Å²) >= 11 is 1.14. The Morgan fingerprint density at radius 1 is 1.23 bits per heavy atom. The molecule has 0 radical (unpaired) electrons. The molecule has 0 aliphatic carbocycles. The number of methoxy groups -OCH3 is 2. The van der Waals surface area contributed by atoms with Crippen LogP contribution in [0.15, 0.2) is 24.3 Å². The van der Waals surface area contributed by atoms with Crippen LogP contribution < -0.4 is 14.8 Å². The molecule has 1 aliphatic rings. The van der Waals surface area contributed by atoms with Crippen LogP contribution in [-0.2, 0) is 4.79 Å². The van der Waals surface area contributed by atoms with Gasteiger partial charge in [0.15, 0.2) is 11.5 Å². The fourth-order valence-electron chi connectivity index (χ4n) is 3.34. The predicted octanol–water partition coefficient (Wildman–Crippen LogP) is 2.55. The van der Waals surface area contributed by atoms with E-state index in [0.29, 0.717) is 47.6 Å². The quantitative estimate of drug-likeness (QED) is 0.679. The lowest BCUT2D eigenvalue weighted by Gasteiger charge is -2.31. The van der Waals surface area contributed by atoms with E-state index >= 15 is 0 Å². The zero-order valence-electron chi connectivity index (χ0n) is 17.4. The first-order valence-electron chi connectivity index (χ1n) is 9.78. The molecule has 0 saturated carbocycles. The molecule has 1 aromatic heterocycles. The SMILES string of the molecule is COc1ccc(/C=C/C(=O)NCC2CCN(C(=O)c3snnc3C)CC2)cc1OC. The third kappa shape index (κ3) is 5.35. The Morgan fingerprint density at radius 2 is 1.97 bits per heavy atom. The number of ether oxygens (including phenoxy) is 2. The molecule has 1 aromatic carbocycles. The standard InChI is InChI=1S/C21H26N4O4S/c1-14-20(30-24-23-14)21(27)25-10-8-16(9-11-25)13-22-19(26)7-5-15-4-6-17(28-2)18(12-15)29-3/h4-7,12,16H,8-11,13H2,1-3H3,(H,22,26)/b7-5+. The molecular weight excluding hydrogens is 404 g/mol. The summed E-state index contributed by atoms with van der Waals surface area (Å²) in [6.45, 7) is 3.75. The second-order valence-corrected chi connectivity index (χ2v) is 7.87. The van der Waals surface area contributed by atoms with Crippen molar-refractivity contribution in [3.8, 4) is 11.5 Å². The number of likely N-dealkylation sites (tertiary alicyclic amines) is 1. The van der Waals surface area contributed by atoms with Crippen molar-refractivity contribution in [1.29, 1.82) is 0 Å². The number of nitrogens with zero attached hydrogens (tertiary/aromatic N) is 3. The Hall–Kier alpha value is -2.94. The highest BCUT2D eigenvalue weighted by Crippen LogP contribution is 2.28. The molecular formula is C21H26N4O4S. The van der Waals surface area contributed by atoms with Gasteiger partial charge in [0, 0.05) is 25.7 Å². The number of carbonyl (C=O) groups is 2. The number of rotatable bonds is 7. The van der Waals surface area contributed by atoms with Gasteiger partial charge in [0.25, 0.3) is 5.91 Å². The lowest BCUT2D eigenvalue weighted by molar-refractivity contribution is -0.116. The van der Waals surface area contributed by atoms with Gasteiger partial charge in [-0.05, 0) is 61.0 Å². The van der Waals surface area contributed by atoms with Crippen LogP contribution in [0.25, 0.3) is 6.08 Å². The predicted molar refractivity (Wildman–Crippen MR) is 115 cm³/mol. The number of amides is 2. The highest BCUT2D eigenvalue weighted by Gasteiger charge is 2.26. The number of hydrogen-bond acceptors (Lipinski definition) is 7. The third-order valence-electron chi connectivity index (χ3n) is 5.15. The fraction of sp³-hybridized carbons (Fsp3) is 0.429. The van der Waals surface area contributed by atoms with Crippen molar-refractivity contribution < 1.29 is 19.1 Å².